The maximum atomic E-state index is 12.1. The number of H-pyrrole nitrogens is 1. The molecule has 1 aliphatic carbocycles. The predicted octanol–water partition coefficient (Wildman–Crippen LogP) is 1.67. The molecule has 1 aromatic carbocycles. The van der Waals surface area contributed by atoms with Crippen LogP contribution in [0.2, 0.25) is 0 Å². The molecule has 0 radical (unpaired) electrons. The lowest BCUT2D eigenvalue weighted by molar-refractivity contribution is 0.107. The molecule has 4 rings (SSSR count). The fourth-order valence-electron chi connectivity index (χ4n) is 3.49. The maximum absolute atomic E-state index is 12.1. The van der Waals surface area contributed by atoms with Crippen LogP contribution >= 0.6 is 8.25 Å². The van der Waals surface area contributed by atoms with Crippen LogP contribution in [0, 0.1) is 5.92 Å². The molecule has 0 bridgehead atoms. The van der Waals surface area contributed by atoms with E-state index in [1.807, 2.05) is 6.07 Å². The standard InChI is InChI=1S/C18H20N5O5P/c1-10-12(8-27-29(26)28-11-5-3-2-4-6-11)14(24)7-13(10)23-9-20-15-16(23)21-18(19)22-17(15)25/h2-6,9,12-14,24,29H,1,7-8H2,(H3,19,21,22,25)/t12-,13-,14-/m0/s1. The van der Waals surface area contributed by atoms with Gasteiger partial charge >= 0.3 is 8.25 Å². The quantitative estimate of drug-likeness (QED) is 0.406. The normalized spacial score (nSPS) is 22.8. The minimum Gasteiger partial charge on any atom is -0.426 e. The number of nitrogens with one attached hydrogen (secondary N) is 1. The highest BCUT2D eigenvalue weighted by Crippen LogP contribution is 2.41. The SMILES string of the molecule is C=C1[C@H](CO[PH](=O)Oc2ccccc2)[C@@H](O)C[C@@H]1n1cnc2c(=O)[nH]c(N)nc21. The fraction of sp³-hybridized carbons (Fsp3) is 0.278. The third kappa shape index (κ3) is 3.82. The Morgan fingerprint density at radius 3 is 2.90 bits per heavy atom. The van der Waals surface area contributed by atoms with Crippen LogP contribution < -0.4 is 15.8 Å². The number of anilines is 1. The first-order valence-corrected chi connectivity index (χ1v) is 10.1. The van der Waals surface area contributed by atoms with Crippen molar-refractivity contribution in [3.8, 4) is 5.75 Å². The zero-order chi connectivity index (χ0) is 20.5. The molecule has 4 atom stereocenters. The van der Waals surface area contributed by atoms with Crippen LogP contribution in [0.25, 0.3) is 11.2 Å². The predicted molar refractivity (Wildman–Crippen MR) is 107 cm³/mol. The summed E-state index contributed by atoms with van der Waals surface area (Å²) in [7, 11) is -2.79. The highest BCUT2D eigenvalue weighted by atomic mass is 31.1. The number of hydrogen-bond acceptors (Lipinski definition) is 8. The Kier molecular flexibility index (Phi) is 5.23. The number of fused-ring (bicyclic) bond motifs is 1. The van der Waals surface area contributed by atoms with Gasteiger partial charge in [0.05, 0.1) is 25.1 Å². The summed E-state index contributed by atoms with van der Waals surface area (Å²) in [5, 5.41) is 10.5. The minimum atomic E-state index is -2.79. The summed E-state index contributed by atoms with van der Waals surface area (Å²) in [6, 6.07) is 8.35. The van der Waals surface area contributed by atoms with E-state index < -0.39 is 25.8 Å². The maximum Gasteiger partial charge on any atom is 0.367 e. The van der Waals surface area contributed by atoms with Crippen LogP contribution in [-0.2, 0) is 9.09 Å². The Balaban J connectivity index is 1.47. The van der Waals surface area contributed by atoms with Crippen molar-refractivity contribution in [2.24, 2.45) is 5.92 Å². The average Bonchev–Trinajstić information content (AvgIpc) is 3.22. The molecule has 0 spiro atoms. The van der Waals surface area contributed by atoms with E-state index >= 15 is 0 Å². The van der Waals surface area contributed by atoms with Gasteiger partial charge in [-0.15, -0.1) is 0 Å². The van der Waals surface area contributed by atoms with Gasteiger partial charge < -0.3 is 24.5 Å². The molecule has 3 aromatic rings. The molecule has 10 nitrogen and oxygen atoms in total. The zero-order valence-electron chi connectivity index (χ0n) is 15.3. The van der Waals surface area contributed by atoms with Crippen molar-refractivity contribution >= 4 is 25.4 Å². The van der Waals surface area contributed by atoms with Crippen molar-refractivity contribution < 1.29 is 18.7 Å². The molecule has 0 amide bonds. The van der Waals surface area contributed by atoms with Gasteiger partial charge in [-0.25, -0.2) is 9.55 Å². The molecule has 152 valence electrons. The minimum absolute atomic E-state index is 0.0100. The van der Waals surface area contributed by atoms with Crippen molar-refractivity contribution in [2.45, 2.75) is 18.6 Å². The molecule has 0 saturated heterocycles. The van der Waals surface area contributed by atoms with Crippen LogP contribution in [0.15, 0.2) is 53.6 Å². The second-order valence-corrected chi connectivity index (χ2v) is 7.74. The van der Waals surface area contributed by atoms with Gasteiger partial charge in [0.15, 0.2) is 11.2 Å². The lowest BCUT2D eigenvalue weighted by Gasteiger charge is -2.17. The van der Waals surface area contributed by atoms with E-state index in [1.165, 1.54) is 6.33 Å². The Morgan fingerprint density at radius 1 is 1.38 bits per heavy atom. The van der Waals surface area contributed by atoms with Crippen molar-refractivity contribution in [1.82, 2.24) is 19.5 Å². The first-order valence-electron chi connectivity index (χ1n) is 8.92. The highest BCUT2D eigenvalue weighted by molar-refractivity contribution is 7.33. The van der Waals surface area contributed by atoms with Crippen LogP contribution in [0.1, 0.15) is 12.5 Å². The number of aromatic nitrogens is 4. The number of aromatic amines is 1. The molecule has 1 unspecified atom stereocenters. The topological polar surface area (TPSA) is 145 Å². The van der Waals surface area contributed by atoms with Crippen molar-refractivity contribution in [3.05, 3.63) is 59.2 Å². The smallest absolute Gasteiger partial charge is 0.367 e. The number of hydrogen-bond donors (Lipinski definition) is 3. The third-order valence-corrected chi connectivity index (χ3v) is 5.75. The van der Waals surface area contributed by atoms with Gasteiger partial charge in [-0.3, -0.25) is 9.78 Å². The van der Waals surface area contributed by atoms with E-state index in [9.17, 15) is 14.5 Å². The number of benzene rings is 1. The Hall–Kier alpha value is -2.94. The highest BCUT2D eigenvalue weighted by Gasteiger charge is 2.39. The summed E-state index contributed by atoms with van der Waals surface area (Å²) in [6.07, 6.45) is 1.03. The number of rotatable bonds is 6. The van der Waals surface area contributed by atoms with Crippen LogP contribution in [0.4, 0.5) is 5.95 Å². The van der Waals surface area contributed by atoms with E-state index in [-0.39, 0.29) is 24.1 Å². The number of aliphatic hydroxyl groups excluding tert-OH is 1. The molecule has 1 fully saturated rings. The van der Waals surface area contributed by atoms with Crippen LogP contribution in [0.5, 0.6) is 5.75 Å². The van der Waals surface area contributed by atoms with Gasteiger partial charge in [0.25, 0.3) is 5.56 Å². The Morgan fingerprint density at radius 2 is 2.14 bits per heavy atom. The summed E-state index contributed by atoms with van der Waals surface area (Å²) in [5.74, 6) is -0.0334. The lowest BCUT2D eigenvalue weighted by Crippen LogP contribution is -2.18. The Bertz CT molecular complexity index is 1130. The number of imidazole rings is 1. The third-order valence-electron chi connectivity index (χ3n) is 4.95. The molecule has 0 aliphatic heterocycles. The number of para-hydroxylation sites is 1. The fourth-order valence-corrected chi connectivity index (χ4v) is 4.20. The van der Waals surface area contributed by atoms with Gasteiger partial charge in [-0.1, -0.05) is 24.8 Å². The van der Waals surface area contributed by atoms with Gasteiger partial charge in [-0.2, -0.15) is 4.98 Å². The summed E-state index contributed by atoms with van der Waals surface area (Å²) in [4.78, 5) is 22.6. The van der Waals surface area contributed by atoms with E-state index in [4.69, 9.17) is 14.8 Å². The zero-order valence-corrected chi connectivity index (χ0v) is 16.3. The molecular formula is C18H20N5O5P. The van der Waals surface area contributed by atoms with Gasteiger partial charge in [-0.05, 0) is 24.1 Å². The molecular weight excluding hydrogens is 397 g/mol. The summed E-state index contributed by atoms with van der Waals surface area (Å²) < 4.78 is 24.4. The summed E-state index contributed by atoms with van der Waals surface area (Å²) in [5.41, 5.74) is 6.33. The molecule has 2 aromatic heterocycles. The van der Waals surface area contributed by atoms with Crippen LogP contribution in [0.3, 0.4) is 0 Å². The molecule has 2 heterocycles. The molecule has 29 heavy (non-hydrogen) atoms. The largest absolute Gasteiger partial charge is 0.426 e. The van der Waals surface area contributed by atoms with E-state index in [1.54, 1.807) is 28.8 Å². The average molecular weight is 417 g/mol. The van der Waals surface area contributed by atoms with Gasteiger partial charge in [0.1, 0.15) is 5.75 Å². The van der Waals surface area contributed by atoms with Crippen molar-refractivity contribution in [1.29, 1.82) is 0 Å². The van der Waals surface area contributed by atoms with Crippen molar-refractivity contribution in [2.75, 3.05) is 12.3 Å². The summed E-state index contributed by atoms with van der Waals surface area (Å²) >= 11 is 0. The number of nitrogens with two attached hydrogens (primary N) is 1. The van der Waals surface area contributed by atoms with Crippen molar-refractivity contribution in [3.63, 3.8) is 0 Å². The first-order chi connectivity index (χ1) is 13.9. The number of aliphatic hydroxyl groups is 1. The Labute approximate surface area is 166 Å². The van der Waals surface area contributed by atoms with E-state index in [2.05, 4.69) is 21.5 Å². The second kappa shape index (κ2) is 7.82. The molecule has 4 N–H and O–H groups in total. The molecule has 1 aliphatic rings. The van der Waals surface area contributed by atoms with E-state index in [0.29, 0.717) is 23.4 Å². The second-order valence-electron chi connectivity index (χ2n) is 6.75. The monoisotopic (exact) mass is 417 g/mol. The molecule has 11 heteroatoms. The molecule has 1 saturated carbocycles. The van der Waals surface area contributed by atoms with Gasteiger partial charge in [0.2, 0.25) is 5.95 Å². The van der Waals surface area contributed by atoms with Crippen LogP contribution in [-0.4, -0.2) is 37.3 Å². The summed E-state index contributed by atoms with van der Waals surface area (Å²) in [6.45, 7) is 4.06. The number of nitrogens with zero attached hydrogens (tertiary/aromatic N) is 3. The van der Waals surface area contributed by atoms with Gasteiger partial charge in [0, 0.05) is 5.92 Å². The lowest BCUT2D eigenvalue weighted by atomic mass is 10.0. The number of nitrogen functional groups attached to an aromatic ring is 1. The van der Waals surface area contributed by atoms with E-state index in [0.717, 1.165) is 0 Å². The first kappa shape index (κ1) is 19.4.